The van der Waals surface area contributed by atoms with Gasteiger partial charge in [0.2, 0.25) is 5.91 Å². The van der Waals surface area contributed by atoms with Crippen molar-refractivity contribution in [3.8, 4) is 5.75 Å². The van der Waals surface area contributed by atoms with E-state index in [1.807, 2.05) is 42.6 Å². The van der Waals surface area contributed by atoms with Crippen LogP contribution in [0, 0.1) is 0 Å². The molecule has 6 heteroatoms. The van der Waals surface area contributed by atoms with Crippen LogP contribution in [-0.4, -0.2) is 37.4 Å². The van der Waals surface area contributed by atoms with Gasteiger partial charge in [0.05, 0.1) is 18.0 Å². The zero-order valence-electron chi connectivity index (χ0n) is 14.1. The van der Waals surface area contributed by atoms with Crippen LogP contribution >= 0.6 is 11.3 Å². The summed E-state index contributed by atoms with van der Waals surface area (Å²) in [6.45, 7) is 2.30. The lowest BCUT2D eigenvalue weighted by molar-refractivity contribution is -0.131. The molecule has 1 unspecified atom stereocenters. The highest BCUT2D eigenvalue weighted by Crippen LogP contribution is 2.22. The molecule has 2 amide bonds. The molecule has 0 spiro atoms. The van der Waals surface area contributed by atoms with Crippen LogP contribution in [0.5, 0.6) is 5.75 Å². The summed E-state index contributed by atoms with van der Waals surface area (Å²) in [5.41, 5.74) is 1.04. The fraction of sp³-hybridized carbons (Fsp3) is 0.333. The summed E-state index contributed by atoms with van der Waals surface area (Å²) in [7, 11) is 3.40. The highest BCUT2D eigenvalue weighted by molar-refractivity contribution is 7.12. The van der Waals surface area contributed by atoms with E-state index in [1.165, 1.54) is 11.3 Å². The maximum absolute atomic E-state index is 12.3. The van der Waals surface area contributed by atoms with Crippen molar-refractivity contribution in [1.29, 1.82) is 0 Å². The van der Waals surface area contributed by atoms with Crippen molar-refractivity contribution < 1.29 is 14.3 Å². The predicted octanol–water partition coefficient (Wildman–Crippen LogP) is 3.10. The highest BCUT2D eigenvalue weighted by Gasteiger charge is 2.17. The quantitative estimate of drug-likeness (QED) is 0.838. The van der Waals surface area contributed by atoms with E-state index < -0.39 is 0 Å². The molecule has 24 heavy (non-hydrogen) atoms. The van der Waals surface area contributed by atoms with E-state index in [0.29, 0.717) is 11.4 Å². The first-order chi connectivity index (χ1) is 11.5. The lowest BCUT2D eigenvalue weighted by atomic mass is 10.1. The molecule has 0 aliphatic rings. The minimum atomic E-state index is -0.136. The number of thiophene rings is 1. The number of methoxy groups -OCH3 is 1. The lowest BCUT2D eigenvalue weighted by Gasteiger charge is -2.25. The Kier molecular flexibility index (Phi) is 6.37. The van der Waals surface area contributed by atoms with Crippen molar-refractivity contribution in [2.75, 3.05) is 20.7 Å². The summed E-state index contributed by atoms with van der Waals surface area (Å²) in [5.74, 6) is 0.643. The predicted molar refractivity (Wildman–Crippen MR) is 95.4 cm³/mol. The van der Waals surface area contributed by atoms with E-state index in [9.17, 15) is 9.59 Å². The van der Waals surface area contributed by atoms with Crippen LogP contribution in [0.2, 0.25) is 0 Å². The molecule has 2 aromatic rings. The molecule has 0 aliphatic carbocycles. The van der Waals surface area contributed by atoms with Gasteiger partial charge in [0.25, 0.3) is 5.91 Å². The van der Waals surface area contributed by atoms with E-state index in [-0.39, 0.29) is 24.3 Å². The maximum Gasteiger partial charge on any atom is 0.261 e. The van der Waals surface area contributed by atoms with Crippen molar-refractivity contribution in [2.24, 2.45) is 0 Å². The molecule has 1 atom stereocenters. The first kappa shape index (κ1) is 18.0. The summed E-state index contributed by atoms with van der Waals surface area (Å²) in [6, 6.07) is 11.2. The Labute approximate surface area is 146 Å². The molecule has 0 bridgehead atoms. The van der Waals surface area contributed by atoms with E-state index >= 15 is 0 Å². The number of nitrogens with one attached hydrogen (secondary N) is 1. The Morgan fingerprint density at radius 3 is 2.54 bits per heavy atom. The third-order valence-electron chi connectivity index (χ3n) is 3.94. The highest BCUT2D eigenvalue weighted by atomic mass is 32.1. The van der Waals surface area contributed by atoms with Crippen LogP contribution in [0.25, 0.3) is 0 Å². The molecule has 1 aromatic heterocycles. The number of nitrogens with zero attached hydrogens (tertiary/aromatic N) is 1. The second kappa shape index (κ2) is 8.49. The Hall–Kier alpha value is -2.34. The first-order valence-electron chi connectivity index (χ1n) is 7.74. The van der Waals surface area contributed by atoms with Gasteiger partial charge in [0, 0.05) is 20.0 Å². The number of amides is 2. The summed E-state index contributed by atoms with van der Waals surface area (Å²) >= 11 is 1.38. The summed E-state index contributed by atoms with van der Waals surface area (Å²) in [4.78, 5) is 26.5. The van der Waals surface area contributed by atoms with Gasteiger partial charge in [-0.1, -0.05) is 18.2 Å². The normalized spacial score (nSPS) is 11.6. The van der Waals surface area contributed by atoms with Gasteiger partial charge in [-0.2, -0.15) is 0 Å². The molecule has 1 heterocycles. The molecule has 0 saturated carbocycles. The molecule has 1 aromatic carbocycles. The average Bonchev–Trinajstić information content (AvgIpc) is 3.15. The van der Waals surface area contributed by atoms with E-state index in [1.54, 1.807) is 25.1 Å². The third kappa shape index (κ3) is 4.58. The molecule has 0 aliphatic heterocycles. The van der Waals surface area contributed by atoms with Crippen LogP contribution in [0.3, 0.4) is 0 Å². The van der Waals surface area contributed by atoms with Crippen LogP contribution in [0.15, 0.2) is 41.8 Å². The fourth-order valence-electron chi connectivity index (χ4n) is 2.28. The first-order valence-corrected chi connectivity index (χ1v) is 8.62. The van der Waals surface area contributed by atoms with Crippen LogP contribution in [0.4, 0.5) is 0 Å². The summed E-state index contributed by atoms with van der Waals surface area (Å²) in [6.07, 6.45) is 0.272. The third-order valence-corrected chi connectivity index (χ3v) is 4.81. The number of hydrogen-bond acceptors (Lipinski definition) is 4. The monoisotopic (exact) mass is 346 g/mol. The second-order valence-electron chi connectivity index (χ2n) is 5.44. The van der Waals surface area contributed by atoms with Gasteiger partial charge in [0.15, 0.2) is 0 Å². The number of carbonyl (C=O) groups is 2. The number of benzene rings is 1. The molecule has 0 radical (unpaired) electrons. The molecular formula is C18H22N2O3S. The average molecular weight is 346 g/mol. The van der Waals surface area contributed by atoms with Gasteiger partial charge in [-0.3, -0.25) is 9.59 Å². The molecule has 128 valence electrons. The Morgan fingerprint density at radius 2 is 1.96 bits per heavy atom. The summed E-state index contributed by atoms with van der Waals surface area (Å²) < 4.78 is 5.14. The Bertz CT molecular complexity index is 668. The van der Waals surface area contributed by atoms with Gasteiger partial charge < -0.3 is 15.0 Å². The minimum Gasteiger partial charge on any atom is -0.497 e. The van der Waals surface area contributed by atoms with Crippen molar-refractivity contribution in [2.45, 2.75) is 19.4 Å². The van der Waals surface area contributed by atoms with E-state index in [0.717, 1.165) is 11.3 Å². The Balaban J connectivity index is 1.83. The number of hydrogen-bond donors (Lipinski definition) is 1. The van der Waals surface area contributed by atoms with Gasteiger partial charge >= 0.3 is 0 Å². The van der Waals surface area contributed by atoms with E-state index in [2.05, 4.69) is 5.32 Å². The smallest absolute Gasteiger partial charge is 0.261 e. The maximum atomic E-state index is 12.3. The molecular weight excluding hydrogens is 324 g/mol. The van der Waals surface area contributed by atoms with Crippen LogP contribution in [-0.2, 0) is 4.79 Å². The van der Waals surface area contributed by atoms with Crippen LogP contribution < -0.4 is 10.1 Å². The van der Waals surface area contributed by atoms with Crippen molar-refractivity contribution >= 4 is 23.2 Å². The van der Waals surface area contributed by atoms with Gasteiger partial charge in [-0.25, -0.2) is 0 Å². The molecule has 2 rings (SSSR count). The van der Waals surface area contributed by atoms with Crippen molar-refractivity contribution in [1.82, 2.24) is 10.2 Å². The van der Waals surface area contributed by atoms with Gasteiger partial charge in [-0.15, -0.1) is 11.3 Å². The topological polar surface area (TPSA) is 58.6 Å². The number of carbonyl (C=O) groups excluding carboxylic acids is 2. The SMILES string of the molecule is COc1ccc(C(C)N(C)C(=O)CCNC(=O)c2cccs2)cc1. The fourth-order valence-corrected chi connectivity index (χ4v) is 2.92. The molecule has 0 saturated heterocycles. The standard InChI is InChI=1S/C18H22N2O3S/c1-13(14-6-8-15(23-3)9-7-14)20(2)17(21)10-11-19-18(22)16-5-4-12-24-16/h4-9,12-13H,10-11H2,1-3H3,(H,19,22). The largest absolute Gasteiger partial charge is 0.497 e. The van der Waals surface area contributed by atoms with Crippen molar-refractivity contribution in [3.63, 3.8) is 0 Å². The molecule has 5 nitrogen and oxygen atoms in total. The minimum absolute atomic E-state index is 0.00945. The number of rotatable bonds is 7. The molecule has 1 N–H and O–H groups in total. The van der Waals surface area contributed by atoms with Gasteiger partial charge in [-0.05, 0) is 36.1 Å². The zero-order chi connectivity index (χ0) is 17.5. The summed E-state index contributed by atoms with van der Waals surface area (Å²) in [5, 5.41) is 4.62. The van der Waals surface area contributed by atoms with Crippen molar-refractivity contribution in [3.05, 3.63) is 52.2 Å². The van der Waals surface area contributed by atoms with Crippen LogP contribution in [0.1, 0.15) is 34.6 Å². The molecule has 0 fully saturated rings. The lowest BCUT2D eigenvalue weighted by Crippen LogP contribution is -2.33. The zero-order valence-corrected chi connectivity index (χ0v) is 14.9. The Morgan fingerprint density at radius 1 is 1.25 bits per heavy atom. The van der Waals surface area contributed by atoms with Gasteiger partial charge in [0.1, 0.15) is 5.75 Å². The van der Waals surface area contributed by atoms with E-state index in [4.69, 9.17) is 4.74 Å². The second-order valence-corrected chi connectivity index (χ2v) is 6.38. The number of ether oxygens (including phenoxy) is 1.